The lowest BCUT2D eigenvalue weighted by atomic mass is 10.1. The largest absolute Gasteiger partial charge is 0.491 e. The Bertz CT molecular complexity index is 1120. The fourth-order valence-corrected chi connectivity index (χ4v) is 2.36. The summed E-state index contributed by atoms with van der Waals surface area (Å²) in [5.41, 5.74) is -0.0935. The number of alkyl halides is 3. The van der Waals surface area contributed by atoms with Gasteiger partial charge in [-0.05, 0) is 11.6 Å². The first-order chi connectivity index (χ1) is 13.2. The van der Waals surface area contributed by atoms with Gasteiger partial charge in [0, 0.05) is 18.6 Å². The van der Waals surface area contributed by atoms with Gasteiger partial charge in [0.2, 0.25) is 5.91 Å². The van der Waals surface area contributed by atoms with Crippen LogP contribution in [0, 0.1) is 0 Å². The van der Waals surface area contributed by atoms with Gasteiger partial charge in [0.25, 0.3) is 5.88 Å². The van der Waals surface area contributed by atoms with Crippen molar-refractivity contribution in [1.82, 2.24) is 24.9 Å². The summed E-state index contributed by atoms with van der Waals surface area (Å²) in [6.07, 6.45) is -1.64. The van der Waals surface area contributed by atoms with E-state index in [1.165, 1.54) is 13.2 Å². The lowest BCUT2D eigenvalue weighted by Gasteiger charge is -2.10. The van der Waals surface area contributed by atoms with Crippen molar-refractivity contribution in [3.63, 3.8) is 0 Å². The van der Waals surface area contributed by atoms with Crippen molar-refractivity contribution in [1.29, 1.82) is 0 Å². The van der Waals surface area contributed by atoms with Crippen LogP contribution in [0.3, 0.4) is 0 Å². The van der Waals surface area contributed by atoms with Gasteiger partial charge in [-0.2, -0.15) is 27.7 Å². The number of fused-ring (bicyclic) bond motifs is 1. The van der Waals surface area contributed by atoms with Crippen molar-refractivity contribution in [2.24, 2.45) is 0 Å². The van der Waals surface area contributed by atoms with E-state index < -0.39 is 23.6 Å². The Morgan fingerprint density at radius 2 is 2.04 bits per heavy atom. The molecule has 0 spiro atoms. The molecule has 28 heavy (non-hydrogen) atoms. The molecule has 0 bridgehead atoms. The van der Waals surface area contributed by atoms with E-state index in [2.05, 4.69) is 20.1 Å². The Morgan fingerprint density at radius 3 is 2.71 bits per heavy atom. The first-order valence-corrected chi connectivity index (χ1v) is 7.75. The highest BCUT2D eigenvalue weighted by molar-refractivity contribution is 5.83. The second kappa shape index (κ2) is 7.13. The lowest BCUT2D eigenvalue weighted by molar-refractivity contribution is -0.190. The average Bonchev–Trinajstić information content (AvgIpc) is 3.05. The number of carbonyl (C=O) groups excluding carboxylic acids is 2. The number of rotatable bonds is 4. The number of esters is 1. The molecule has 3 aromatic rings. The van der Waals surface area contributed by atoms with Gasteiger partial charge in [-0.1, -0.05) is 12.1 Å². The summed E-state index contributed by atoms with van der Waals surface area (Å²) in [4.78, 5) is 39.4. The van der Waals surface area contributed by atoms with Gasteiger partial charge in [-0.3, -0.25) is 9.59 Å². The van der Waals surface area contributed by atoms with Crippen LogP contribution < -0.4 is 15.6 Å². The zero-order valence-electron chi connectivity index (χ0n) is 14.2. The summed E-state index contributed by atoms with van der Waals surface area (Å²) in [5.74, 6) is -3.84. The second-order valence-corrected chi connectivity index (χ2v) is 5.55. The number of aromatic nitrogens is 4. The molecule has 0 aliphatic rings. The summed E-state index contributed by atoms with van der Waals surface area (Å²) in [5, 5.41) is 7.12. The molecule has 0 atom stereocenters. The second-order valence-electron chi connectivity index (χ2n) is 5.55. The van der Waals surface area contributed by atoms with Crippen molar-refractivity contribution in [2.45, 2.75) is 12.6 Å². The Labute approximate surface area is 154 Å². The van der Waals surface area contributed by atoms with Crippen LogP contribution in [0.1, 0.15) is 5.56 Å². The summed E-state index contributed by atoms with van der Waals surface area (Å²) in [6.45, 7) is 0. The number of nitrogens with one attached hydrogen (secondary N) is 1. The Hall–Kier alpha value is -3.70. The van der Waals surface area contributed by atoms with E-state index >= 15 is 0 Å². The van der Waals surface area contributed by atoms with E-state index in [1.807, 2.05) is 0 Å². The van der Waals surface area contributed by atoms with Gasteiger partial charge in [0.15, 0.2) is 0 Å². The van der Waals surface area contributed by atoms with E-state index in [0.29, 0.717) is 16.5 Å². The molecule has 3 rings (SSSR count). The minimum absolute atomic E-state index is 0.0807. The number of hydrogen-bond acceptors (Lipinski definition) is 6. The maximum Gasteiger partial charge on any atom is 0.491 e. The molecule has 2 heterocycles. The van der Waals surface area contributed by atoms with Crippen molar-refractivity contribution in [3.8, 4) is 5.88 Å². The van der Waals surface area contributed by atoms with Crippen LogP contribution in [0.5, 0.6) is 5.88 Å². The molecule has 9 nitrogen and oxygen atoms in total. The molecular formula is C16H12F3N5O4. The summed E-state index contributed by atoms with van der Waals surface area (Å²) in [6, 6.07) is 4.98. The molecule has 1 amide bonds. The van der Waals surface area contributed by atoms with Crippen LogP contribution in [-0.2, 0) is 16.0 Å². The molecule has 0 aliphatic carbocycles. The molecule has 146 valence electrons. The van der Waals surface area contributed by atoms with E-state index in [1.54, 1.807) is 18.2 Å². The number of ether oxygens (including phenoxy) is 1. The number of hydrogen-bond donors (Lipinski definition) is 1. The molecule has 1 aromatic carbocycles. The Morgan fingerprint density at radius 1 is 1.29 bits per heavy atom. The number of nitrogens with zero attached hydrogens (tertiary/aromatic N) is 4. The molecular weight excluding hydrogens is 383 g/mol. The zero-order chi connectivity index (χ0) is 20.5. The van der Waals surface area contributed by atoms with Crippen molar-refractivity contribution in [3.05, 3.63) is 52.7 Å². The molecule has 12 heteroatoms. The smallest absolute Gasteiger partial charge is 0.395 e. The van der Waals surface area contributed by atoms with Crippen LogP contribution in [0.25, 0.3) is 10.9 Å². The highest BCUT2D eigenvalue weighted by Crippen LogP contribution is 2.18. The predicted molar refractivity (Wildman–Crippen MR) is 88.5 cm³/mol. The lowest BCUT2D eigenvalue weighted by Crippen LogP contribution is -2.34. The number of carbonyl (C=O) groups is 2. The monoisotopic (exact) mass is 395 g/mol. The van der Waals surface area contributed by atoms with Gasteiger partial charge in [0.05, 0.1) is 24.3 Å². The van der Waals surface area contributed by atoms with Gasteiger partial charge in [0.1, 0.15) is 0 Å². The normalized spacial score (nSPS) is 11.4. The highest BCUT2D eigenvalue weighted by Gasteiger charge is 2.42. The van der Waals surface area contributed by atoms with Crippen LogP contribution in [0.2, 0.25) is 0 Å². The maximum atomic E-state index is 12.4. The molecule has 1 N–H and O–H groups in total. The molecule has 0 unspecified atom stereocenters. The highest BCUT2D eigenvalue weighted by atomic mass is 19.4. The topological polar surface area (TPSA) is 108 Å². The van der Waals surface area contributed by atoms with E-state index in [4.69, 9.17) is 0 Å². The maximum absolute atomic E-state index is 12.4. The minimum Gasteiger partial charge on any atom is -0.395 e. The minimum atomic E-state index is -5.28. The SMILES string of the molecule is CNC(=O)Cc1ccc2cnn(-n3ccnc(OC(=O)C(F)(F)F)c3=O)c2c1. The third-order valence-corrected chi connectivity index (χ3v) is 3.68. The molecule has 0 radical (unpaired) electrons. The Kier molecular flexibility index (Phi) is 4.86. The number of amides is 1. The fraction of sp³-hybridized carbons (Fsp3) is 0.188. The number of likely N-dealkylation sites (N-methyl/N-ethyl adjacent to an activating group) is 1. The van der Waals surface area contributed by atoms with Crippen molar-refractivity contribution < 1.29 is 27.5 Å². The third-order valence-electron chi connectivity index (χ3n) is 3.68. The molecule has 0 saturated carbocycles. The Balaban J connectivity index is 2.04. The van der Waals surface area contributed by atoms with Crippen molar-refractivity contribution in [2.75, 3.05) is 7.05 Å². The number of benzene rings is 1. The van der Waals surface area contributed by atoms with Gasteiger partial charge in [-0.25, -0.2) is 9.78 Å². The first kappa shape index (κ1) is 19.1. The van der Waals surface area contributed by atoms with Crippen LogP contribution in [0.4, 0.5) is 13.2 Å². The number of halogens is 3. The molecule has 0 saturated heterocycles. The van der Waals surface area contributed by atoms with E-state index in [0.717, 1.165) is 21.9 Å². The fourth-order valence-electron chi connectivity index (χ4n) is 2.36. The van der Waals surface area contributed by atoms with Crippen LogP contribution in [0.15, 0.2) is 41.6 Å². The molecule has 2 aromatic heterocycles. The van der Waals surface area contributed by atoms with Gasteiger partial charge in [-0.15, -0.1) is 0 Å². The van der Waals surface area contributed by atoms with Crippen molar-refractivity contribution >= 4 is 22.8 Å². The van der Waals surface area contributed by atoms with Crippen LogP contribution >= 0.6 is 0 Å². The summed E-state index contributed by atoms with van der Waals surface area (Å²) >= 11 is 0. The van der Waals surface area contributed by atoms with E-state index in [9.17, 15) is 27.6 Å². The zero-order valence-corrected chi connectivity index (χ0v) is 14.2. The summed E-state index contributed by atoms with van der Waals surface area (Å²) in [7, 11) is 1.49. The molecule has 0 fully saturated rings. The van der Waals surface area contributed by atoms with Gasteiger partial charge < -0.3 is 10.1 Å². The predicted octanol–water partition coefficient (Wildman–Crippen LogP) is 0.661. The summed E-state index contributed by atoms with van der Waals surface area (Å²) < 4.78 is 42.0. The average molecular weight is 395 g/mol. The standard InChI is InChI=1S/C16H12F3N5O4/c1-20-12(25)7-9-2-3-10-8-22-24(11(10)6-9)23-5-4-21-13(14(23)26)28-15(27)16(17,18)19/h2-6,8H,7H2,1H3,(H,20,25). The first-order valence-electron chi connectivity index (χ1n) is 7.75. The van der Waals surface area contributed by atoms with Gasteiger partial charge >= 0.3 is 17.7 Å². The quantitative estimate of drug-likeness (QED) is 0.651. The van der Waals surface area contributed by atoms with E-state index in [-0.39, 0.29) is 12.3 Å². The third kappa shape index (κ3) is 3.70. The van der Waals surface area contributed by atoms with Crippen LogP contribution in [-0.4, -0.2) is 44.7 Å². The molecule has 0 aliphatic heterocycles.